The molecule has 3 N–H and O–H groups in total. The van der Waals surface area contributed by atoms with Gasteiger partial charge in [0.15, 0.2) is 0 Å². The molecule has 1 aliphatic rings. The summed E-state index contributed by atoms with van der Waals surface area (Å²) in [5.41, 5.74) is 5.83. The molecular weight excluding hydrogens is 262 g/mol. The van der Waals surface area contributed by atoms with Gasteiger partial charge in [-0.25, -0.2) is 4.98 Å². The van der Waals surface area contributed by atoms with Crippen LogP contribution in [0.15, 0.2) is 5.38 Å². The van der Waals surface area contributed by atoms with Gasteiger partial charge in [0, 0.05) is 30.4 Å². The molecule has 1 atom stereocenters. The zero-order valence-corrected chi connectivity index (χ0v) is 12.5. The van der Waals surface area contributed by atoms with E-state index in [1.165, 1.54) is 0 Å². The zero-order chi connectivity index (χ0) is 14.3. The number of hydrogen-bond acceptors (Lipinski definition) is 5. The maximum absolute atomic E-state index is 11.1. The lowest BCUT2D eigenvalue weighted by atomic mass is 9.98. The number of aliphatic carboxylic acids is 1. The molecule has 19 heavy (non-hydrogen) atoms. The van der Waals surface area contributed by atoms with E-state index in [2.05, 4.69) is 36.0 Å². The van der Waals surface area contributed by atoms with E-state index in [1.54, 1.807) is 11.3 Å². The molecule has 1 aromatic rings. The van der Waals surface area contributed by atoms with Crippen LogP contribution in [0.4, 0.5) is 0 Å². The predicted molar refractivity (Wildman–Crippen MR) is 75.3 cm³/mol. The standard InChI is InChI=1S/C13H21N3O2S/c1-12(2,3)10-15-9(7-19-10)6-16-5-4-13(14,8-16)11(17)18/h7H,4-6,8,14H2,1-3H3,(H,17,18). The minimum absolute atomic E-state index is 0.0621. The van der Waals surface area contributed by atoms with Gasteiger partial charge >= 0.3 is 5.97 Å². The lowest BCUT2D eigenvalue weighted by Crippen LogP contribution is -2.50. The normalized spacial score (nSPS) is 24.8. The van der Waals surface area contributed by atoms with Gasteiger partial charge in [-0.2, -0.15) is 0 Å². The molecule has 1 aromatic heterocycles. The molecule has 0 amide bonds. The summed E-state index contributed by atoms with van der Waals surface area (Å²) in [6, 6.07) is 0. The van der Waals surface area contributed by atoms with Crippen LogP contribution in [0.25, 0.3) is 0 Å². The summed E-state index contributed by atoms with van der Waals surface area (Å²) in [4.78, 5) is 17.8. The van der Waals surface area contributed by atoms with Gasteiger partial charge in [0.2, 0.25) is 0 Å². The Bertz CT molecular complexity index is 480. The summed E-state index contributed by atoms with van der Waals surface area (Å²) >= 11 is 1.66. The molecule has 1 unspecified atom stereocenters. The average Bonchev–Trinajstić information content (AvgIpc) is 2.86. The maximum Gasteiger partial charge on any atom is 0.325 e. The summed E-state index contributed by atoms with van der Waals surface area (Å²) in [6.07, 6.45) is 0.499. The van der Waals surface area contributed by atoms with Crippen LogP contribution in [0.3, 0.4) is 0 Å². The Labute approximate surface area is 117 Å². The van der Waals surface area contributed by atoms with E-state index in [1.807, 2.05) is 0 Å². The monoisotopic (exact) mass is 283 g/mol. The second kappa shape index (κ2) is 4.85. The lowest BCUT2D eigenvalue weighted by molar-refractivity contribution is -0.142. The van der Waals surface area contributed by atoms with Crippen LogP contribution in [0.1, 0.15) is 37.9 Å². The number of nitrogens with two attached hydrogens (primary N) is 1. The van der Waals surface area contributed by atoms with E-state index in [9.17, 15) is 4.79 Å². The van der Waals surface area contributed by atoms with Crippen LogP contribution in [-0.4, -0.2) is 39.6 Å². The second-order valence-corrected chi connectivity index (χ2v) is 7.17. The third-order valence-electron chi connectivity index (χ3n) is 3.38. The van der Waals surface area contributed by atoms with E-state index < -0.39 is 11.5 Å². The summed E-state index contributed by atoms with van der Waals surface area (Å²) in [6.45, 7) is 8.21. The Morgan fingerprint density at radius 1 is 1.63 bits per heavy atom. The van der Waals surface area contributed by atoms with Crippen molar-refractivity contribution in [1.82, 2.24) is 9.88 Å². The minimum Gasteiger partial charge on any atom is -0.480 e. The summed E-state index contributed by atoms with van der Waals surface area (Å²) in [5.74, 6) is -0.913. The fourth-order valence-corrected chi connectivity index (χ4v) is 3.08. The number of likely N-dealkylation sites (tertiary alicyclic amines) is 1. The molecule has 0 bridgehead atoms. The molecule has 0 saturated carbocycles. The van der Waals surface area contributed by atoms with E-state index in [-0.39, 0.29) is 5.41 Å². The van der Waals surface area contributed by atoms with E-state index >= 15 is 0 Å². The molecular formula is C13H21N3O2S. The molecule has 5 nitrogen and oxygen atoms in total. The topological polar surface area (TPSA) is 79.5 Å². The molecule has 1 saturated heterocycles. The number of carboxylic acid groups (broad SMARTS) is 1. The van der Waals surface area contributed by atoms with Crippen LogP contribution in [0.2, 0.25) is 0 Å². The molecule has 6 heteroatoms. The van der Waals surface area contributed by atoms with Crippen LogP contribution in [-0.2, 0) is 16.8 Å². The van der Waals surface area contributed by atoms with Crippen LogP contribution in [0.5, 0.6) is 0 Å². The van der Waals surface area contributed by atoms with E-state index in [0.717, 1.165) is 10.7 Å². The van der Waals surface area contributed by atoms with Gasteiger partial charge in [-0.05, 0) is 6.42 Å². The third kappa shape index (κ3) is 3.13. The van der Waals surface area contributed by atoms with Crippen molar-refractivity contribution < 1.29 is 9.90 Å². The average molecular weight is 283 g/mol. The first-order valence-electron chi connectivity index (χ1n) is 6.40. The van der Waals surface area contributed by atoms with Crippen molar-refractivity contribution in [3.8, 4) is 0 Å². The maximum atomic E-state index is 11.1. The summed E-state index contributed by atoms with van der Waals surface area (Å²) < 4.78 is 0. The van der Waals surface area contributed by atoms with Crippen molar-refractivity contribution in [3.63, 3.8) is 0 Å². The third-order valence-corrected chi connectivity index (χ3v) is 4.70. The van der Waals surface area contributed by atoms with E-state index in [0.29, 0.717) is 26.1 Å². The van der Waals surface area contributed by atoms with Gasteiger partial charge in [-0.15, -0.1) is 11.3 Å². The second-order valence-electron chi connectivity index (χ2n) is 6.32. The molecule has 0 radical (unpaired) electrons. The summed E-state index contributed by atoms with van der Waals surface area (Å²) in [7, 11) is 0. The summed E-state index contributed by atoms with van der Waals surface area (Å²) in [5, 5.41) is 12.3. The molecule has 0 aliphatic carbocycles. The van der Waals surface area contributed by atoms with Crippen molar-refractivity contribution in [2.75, 3.05) is 13.1 Å². The highest BCUT2D eigenvalue weighted by molar-refractivity contribution is 7.09. The highest BCUT2D eigenvalue weighted by Gasteiger charge is 2.41. The van der Waals surface area contributed by atoms with Gasteiger partial charge in [0.1, 0.15) is 5.54 Å². The highest BCUT2D eigenvalue weighted by atomic mass is 32.1. The molecule has 2 heterocycles. The lowest BCUT2D eigenvalue weighted by Gasteiger charge is -2.19. The highest BCUT2D eigenvalue weighted by Crippen LogP contribution is 2.27. The quantitative estimate of drug-likeness (QED) is 0.877. The number of carboxylic acids is 1. The molecule has 0 spiro atoms. The fraction of sp³-hybridized carbons (Fsp3) is 0.692. The number of rotatable bonds is 3. The van der Waals surface area contributed by atoms with Gasteiger partial charge < -0.3 is 10.8 Å². The van der Waals surface area contributed by atoms with Crippen molar-refractivity contribution in [3.05, 3.63) is 16.1 Å². The molecule has 0 aromatic carbocycles. The first kappa shape index (κ1) is 14.4. The number of thiazole rings is 1. The Balaban J connectivity index is 2.00. The number of carbonyl (C=O) groups is 1. The van der Waals surface area contributed by atoms with Crippen LogP contribution in [0, 0.1) is 0 Å². The SMILES string of the molecule is CC(C)(C)c1nc(CN2CCC(N)(C(=O)O)C2)cs1. The van der Waals surface area contributed by atoms with Crippen molar-refractivity contribution in [2.45, 2.75) is 44.7 Å². The van der Waals surface area contributed by atoms with Crippen molar-refractivity contribution in [1.29, 1.82) is 0 Å². The molecule has 106 valence electrons. The molecule has 1 fully saturated rings. The van der Waals surface area contributed by atoms with Crippen LogP contribution >= 0.6 is 11.3 Å². The van der Waals surface area contributed by atoms with Crippen molar-refractivity contribution in [2.24, 2.45) is 5.73 Å². The zero-order valence-electron chi connectivity index (χ0n) is 11.6. The minimum atomic E-state index is -1.09. The smallest absolute Gasteiger partial charge is 0.325 e. The predicted octanol–water partition coefficient (Wildman–Crippen LogP) is 1.43. The van der Waals surface area contributed by atoms with E-state index in [4.69, 9.17) is 10.8 Å². The van der Waals surface area contributed by atoms with Crippen LogP contribution < -0.4 is 5.73 Å². The Kier molecular flexibility index (Phi) is 3.68. The fourth-order valence-electron chi connectivity index (χ4n) is 2.18. The Morgan fingerprint density at radius 2 is 2.32 bits per heavy atom. The first-order chi connectivity index (χ1) is 8.71. The largest absolute Gasteiger partial charge is 0.480 e. The Morgan fingerprint density at radius 3 is 2.79 bits per heavy atom. The number of hydrogen-bond donors (Lipinski definition) is 2. The van der Waals surface area contributed by atoms with Crippen molar-refractivity contribution >= 4 is 17.3 Å². The number of nitrogens with zero attached hydrogens (tertiary/aromatic N) is 2. The number of aromatic nitrogens is 1. The molecule has 2 rings (SSSR count). The van der Waals surface area contributed by atoms with Gasteiger partial charge in [0.05, 0.1) is 10.7 Å². The Hall–Kier alpha value is -0.980. The van der Waals surface area contributed by atoms with Gasteiger partial charge in [-0.3, -0.25) is 9.69 Å². The van der Waals surface area contributed by atoms with Gasteiger partial charge in [0.25, 0.3) is 0 Å². The van der Waals surface area contributed by atoms with Gasteiger partial charge in [-0.1, -0.05) is 20.8 Å². The first-order valence-corrected chi connectivity index (χ1v) is 7.28. The molecule has 1 aliphatic heterocycles.